The summed E-state index contributed by atoms with van der Waals surface area (Å²) in [6.45, 7) is -0.860. The van der Waals surface area contributed by atoms with Crippen molar-refractivity contribution in [3.8, 4) is 5.75 Å². The number of aromatic hydroxyl groups is 1. The van der Waals surface area contributed by atoms with Gasteiger partial charge in [0.25, 0.3) is 30.4 Å². The fourth-order valence-corrected chi connectivity index (χ4v) is 11.4. The third-order valence-electron chi connectivity index (χ3n) is 9.79. The molecular weight excluding hydrogens is 1200 g/mol. The van der Waals surface area contributed by atoms with Crippen molar-refractivity contribution in [2.75, 3.05) is 28.7 Å². The van der Waals surface area contributed by atoms with Crippen LogP contribution in [0, 0.1) is 0 Å². The van der Waals surface area contributed by atoms with Crippen LogP contribution in [0.4, 0.5) is 51.7 Å². The molecule has 408 valence electrons. The van der Waals surface area contributed by atoms with E-state index in [0.717, 1.165) is 54.6 Å². The highest BCUT2D eigenvalue weighted by atomic mass is 35.5. The van der Waals surface area contributed by atoms with E-state index in [1.807, 2.05) is 0 Å². The molecule has 40 heteroatoms. The van der Waals surface area contributed by atoms with Crippen LogP contribution in [-0.2, 0) is 73.5 Å². The van der Waals surface area contributed by atoms with Crippen molar-refractivity contribution in [2.45, 2.75) is 29.4 Å². The third kappa shape index (κ3) is 14.2. The Bertz CT molecular complexity index is 4130. The largest absolute Gasteiger partial charge is 0.505 e. The van der Waals surface area contributed by atoms with Crippen molar-refractivity contribution in [3.05, 3.63) is 90.2 Å². The number of anilines is 5. The zero-order valence-electron chi connectivity index (χ0n) is 37.2. The third-order valence-corrected chi connectivity index (χ3v) is 16.1. The van der Waals surface area contributed by atoms with Crippen molar-refractivity contribution in [3.63, 3.8) is 0 Å². The zero-order chi connectivity index (χ0) is 56.3. The van der Waals surface area contributed by atoms with Crippen LogP contribution in [0.5, 0.6) is 5.75 Å². The molecule has 6 aromatic carbocycles. The first-order valence-electron chi connectivity index (χ1n) is 19.9. The van der Waals surface area contributed by atoms with Crippen molar-refractivity contribution in [1.82, 2.24) is 15.0 Å². The lowest BCUT2D eigenvalue weighted by Gasteiger charge is -2.14. The van der Waals surface area contributed by atoms with Crippen LogP contribution < -0.4 is 16.4 Å². The molecule has 32 nitrogen and oxygen atoms in total. The molecular formula is C37H29ClN10O22S7. The molecule has 77 heavy (non-hydrogen) atoms. The summed E-state index contributed by atoms with van der Waals surface area (Å²) >= 11 is 6.52. The first-order chi connectivity index (χ1) is 36.1. The van der Waals surface area contributed by atoms with Crippen molar-refractivity contribution >= 4 is 160 Å². The summed E-state index contributed by atoms with van der Waals surface area (Å²) in [5.74, 6) is -2.31. The van der Waals surface area contributed by atoms with Gasteiger partial charge in [-0.25, -0.2) is 23.1 Å². The second kappa shape index (κ2) is 23.3. The van der Waals surface area contributed by atoms with Crippen LogP contribution in [0.15, 0.2) is 135 Å². The summed E-state index contributed by atoms with van der Waals surface area (Å²) in [5, 5.41) is 57.0. The summed E-state index contributed by atoms with van der Waals surface area (Å²) in [4.78, 5) is 8.84. The maximum atomic E-state index is 12.8. The topological polar surface area (TPSA) is 497 Å². The van der Waals surface area contributed by atoms with Gasteiger partial charge in [0.15, 0.2) is 15.6 Å². The Labute approximate surface area is 445 Å². The first-order valence-corrected chi connectivity index (χ1v) is 29.1. The van der Waals surface area contributed by atoms with Gasteiger partial charge in [-0.15, -0.1) is 29.1 Å². The number of fused-ring (bicyclic) bond motifs is 2. The second-order valence-electron chi connectivity index (χ2n) is 14.6. The summed E-state index contributed by atoms with van der Waals surface area (Å²) < 4.78 is 174. The molecule has 0 saturated carbocycles. The zero-order valence-corrected chi connectivity index (χ0v) is 43.7. The number of nitrogens with zero attached hydrogens (tertiary/aromatic N) is 7. The maximum Gasteiger partial charge on any atom is 0.397 e. The number of nitrogen functional groups attached to an aromatic ring is 1. The van der Waals surface area contributed by atoms with Crippen LogP contribution in [0.2, 0.25) is 5.28 Å². The molecule has 0 unspecified atom stereocenters. The molecule has 1 heterocycles. The second-order valence-corrected chi connectivity index (χ2v) is 23.8. The van der Waals surface area contributed by atoms with Gasteiger partial charge in [0.05, 0.1) is 62.2 Å². The number of phenols is 1. The molecule has 11 N–H and O–H groups in total. The molecule has 0 bridgehead atoms. The lowest BCUT2D eigenvalue weighted by molar-refractivity contribution is -0.432. The fraction of sp³-hybridized carbons (Fsp3) is 0.0541. The predicted molar refractivity (Wildman–Crippen MR) is 267 cm³/mol. The van der Waals surface area contributed by atoms with Gasteiger partial charge in [-0.2, -0.15) is 48.6 Å². The quantitative estimate of drug-likeness (QED) is 0.00778. The molecule has 0 aliphatic rings. The van der Waals surface area contributed by atoms with Crippen molar-refractivity contribution in [1.29, 1.82) is 0 Å². The monoisotopic (exact) mass is 1220 g/mol. The molecule has 0 amide bonds. The van der Waals surface area contributed by atoms with E-state index in [-0.39, 0.29) is 83.9 Å². The predicted octanol–water partition coefficient (Wildman–Crippen LogP) is 7.63. The fourth-order valence-electron chi connectivity index (χ4n) is 6.69. The number of phenolic OH excluding ortho intramolecular Hbond substituents is 1. The van der Waals surface area contributed by atoms with E-state index >= 15 is 0 Å². The minimum Gasteiger partial charge on any atom is -0.505 e. The molecule has 1 aromatic heterocycles. The number of azo groups is 2. The molecule has 0 spiro atoms. The van der Waals surface area contributed by atoms with E-state index < -0.39 is 117 Å². The molecule has 0 saturated heterocycles. The van der Waals surface area contributed by atoms with Crippen LogP contribution in [0.3, 0.4) is 0 Å². The normalized spacial score (nSPS) is 12.8. The Hall–Kier alpha value is -6.45. The number of aromatic nitrogens is 3. The number of rotatable bonds is 22. The molecule has 0 aliphatic heterocycles. The van der Waals surface area contributed by atoms with E-state index in [1.54, 1.807) is 0 Å². The Morgan fingerprint density at radius 2 is 1.22 bits per heavy atom. The van der Waals surface area contributed by atoms with E-state index in [0.29, 0.717) is 0 Å². The number of hydrogen-bond acceptors (Lipinski definition) is 30. The van der Waals surface area contributed by atoms with E-state index in [4.69, 9.17) is 32.4 Å². The lowest BCUT2D eigenvalue weighted by atomic mass is 10.1. The number of hydrogen-bond donors (Lipinski definition) is 10. The van der Waals surface area contributed by atoms with E-state index in [9.17, 15) is 60.9 Å². The Morgan fingerprint density at radius 1 is 0.623 bits per heavy atom. The number of benzene rings is 6. The Balaban J connectivity index is 1.26. The van der Waals surface area contributed by atoms with Crippen LogP contribution in [0.1, 0.15) is 0 Å². The summed E-state index contributed by atoms with van der Waals surface area (Å²) in [6, 6.07) is 15.6. The highest BCUT2D eigenvalue weighted by Crippen LogP contribution is 2.50. The van der Waals surface area contributed by atoms with Gasteiger partial charge < -0.3 is 21.5 Å². The number of nitrogens with one attached hydrogen (secondary N) is 2. The first kappa shape index (κ1) is 58.2. The van der Waals surface area contributed by atoms with Crippen LogP contribution >= 0.6 is 35.7 Å². The van der Waals surface area contributed by atoms with Crippen LogP contribution in [0.25, 0.3) is 21.5 Å². The maximum absolute atomic E-state index is 12.8. The molecule has 0 radical (unpaired) electrons. The van der Waals surface area contributed by atoms with Gasteiger partial charge in [-0.1, -0.05) is 28.3 Å². The standard InChI is InChI=1S/C37H29ClN10O22S7/c38-35-42-36(40-18-4-7-20(8-5-18)73(52,53)13-12-66-77(63,64)65)44-37(43-35)41-19-6-11-27(75(57,58)59)24(16-19)46-47-31-25(71-69-67-50)14-17-15-28(76(60,61)62)32(30(39)29(17)33(31)49)48-45-23-10-9-21-22(34(23)72-70-68-51)2-1-3-26(21)74(54,55)56/h1-11,14-16,49-51H,12-13,39H2,(H,54,55,56)(H,57,58,59)(H,60,61,62)(H,63,64,65)(H2,40,41,42,43,44). The lowest BCUT2D eigenvalue weighted by Crippen LogP contribution is -2.15. The Kier molecular flexibility index (Phi) is 17.6. The highest BCUT2D eigenvalue weighted by Gasteiger charge is 2.27. The number of nitrogens with two attached hydrogens (primary N) is 1. The van der Waals surface area contributed by atoms with Crippen molar-refractivity contribution in [2.24, 2.45) is 20.5 Å². The smallest absolute Gasteiger partial charge is 0.397 e. The van der Waals surface area contributed by atoms with E-state index in [2.05, 4.69) is 69.0 Å². The molecule has 7 rings (SSSR count). The van der Waals surface area contributed by atoms with Gasteiger partial charge in [0.2, 0.25) is 17.2 Å². The number of sulfone groups is 1. The van der Waals surface area contributed by atoms with Gasteiger partial charge in [0.1, 0.15) is 37.4 Å². The average Bonchev–Trinajstić information content (AvgIpc) is 3.34. The highest BCUT2D eigenvalue weighted by molar-refractivity contribution is 7.95. The Morgan fingerprint density at radius 3 is 1.84 bits per heavy atom. The summed E-state index contributed by atoms with van der Waals surface area (Å²) in [7, 11) is -24.2. The number of halogens is 1. The van der Waals surface area contributed by atoms with Gasteiger partial charge in [-0.3, -0.25) is 18.2 Å². The van der Waals surface area contributed by atoms with Gasteiger partial charge >= 0.3 is 10.4 Å². The molecule has 0 aliphatic carbocycles. The average molecular weight is 1230 g/mol. The van der Waals surface area contributed by atoms with Crippen LogP contribution in [-0.4, -0.2) is 103 Å². The van der Waals surface area contributed by atoms with Crippen molar-refractivity contribution < 1.29 is 98.8 Å². The van der Waals surface area contributed by atoms with E-state index in [1.165, 1.54) is 30.3 Å². The van der Waals surface area contributed by atoms with Gasteiger partial charge in [-0.05, 0) is 83.7 Å². The molecule has 0 atom stereocenters. The SMILES string of the molecule is Nc1c(N=Nc2ccc3c(S(=O)(=O)O)cccc3c2SOOO)c(S(=O)(=O)O)cc2cc(SOOO)c(N=Nc3cc(Nc4nc(Cl)nc(Nc5ccc(S(=O)(=O)CCOS(=O)(=O)O)cc5)n4)ccc3S(=O)(=O)O)c(O)c12. The van der Waals surface area contributed by atoms with Gasteiger partial charge in [0, 0.05) is 22.1 Å². The minimum atomic E-state index is -5.30. The summed E-state index contributed by atoms with van der Waals surface area (Å²) in [6.07, 6.45) is 0. The minimum absolute atomic E-state index is 0.0107. The summed E-state index contributed by atoms with van der Waals surface area (Å²) in [5.41, 5.74) is 3.41. The molecule has 0 fully saturated rings. The molecule has 7 aromatic rings.